The molecule has 0 radical (unpaired) electrons. The second-order valence-corrected chi connectivity index (χ2v) is 6.71. The summed E-state index contributed by atoms with van der Waals surface area (Å²) in [5.74, 6) is -1.98. The molecule has 1 heterocycles. The normalized spacial score (nSPS) is 10.2. The third kappa shape index (κ3) is 5.75. The molecule has 0 aliphatic carbocycles. The van der Waals surface area contributed by atoms with Gasteiger partial charge >= 0.3 is 11.8 Å². The summed E-state index contributed by atoms with van der Waals surface area (Å²) in [5.41, 5.74) is 3.47. The lowest BCUT2D eigenvalue weighted by molar-refractivity contribution is -0.136. The Bertz CT molecular complexity index is 1030. The molecular formula is C23H22N4O3. The lowest BCUT2D eigenvalue weighted by atomic mass is 10.1. The summed E-state index contributed by atoms with van der Waals surface area (Å²) in [7, 11) is 0. The van der Waals surface area contributed by atoms with E-state index in [1.807, 2.05) is 31.2 Å². The molecule has 3 amide bonds. The smallest absolute Gasteiger partial charge is 0.313 e. The zero-order valence-electron chi connectivity index (χ0n) is 16.5. The third-order valence-corrected chi connectivity index (χ3v) is 4.40. The number of para-hydroxylation sites is 1. The van der Waals surface area contributed by atoms with Crippen LogP contribution in [0, 0.1) is 6.92 Å². The number of aryl methyl sites for hydroxylation is 1. The van der Waals surface area contributed by atoms with Crippen molar-refractivity contribution in [1.29, 1.82) is 0 Å². The van der Waals surface area contributed by atoms with Gasteiger partial charge in [0, 0.05) is 25.5 Å². The SMILES string of the molecule is Cc1ccc(CNC(=O)c2ccccc2NC(=O)C(=O)NCc2ccncc2)cc1. The van der Waals surface area contributed by atoms with Crippen molar-refractivity contribution in [1.82, 2.24) is 15.6 Å². The van der Waals surface area contributed by atoms with Gasteiger partial charge in [-0.1, -0.05) is 42.0 Å². The summed E-state index contributed by atoms with van der Waals surface area (Å²) in [6, 6.07) is 17.9. The van der Waals surface area contributed by atoms with Crippen LogP contribution in [-0.2, 0) is 22.7 Å². The molecule has 152 valence electrons. The molecule has 0 atom stereocenters. The molecule has 7 heteroatoms. The second-order valence-electron chi connectivity index (χ2n) is 6.71. The number of nitrogens with one attached hydrogen (secondary N) is 3. The molecule has 0 unspecified atom stereocenters. The highest BCUT2D eigenvalue weighted by Gasteiger charge is 2.17. The van der Waals surface area contributed by atoms with E-state index in [0.29, 0.717) is 6.54 Å². The number of benzene rings is 2. The van der Waals surface area contributed by atoms with E-state index in [1.165, 1.54) is 0 Å². The Kier molecular flexibility index (Phi) is 6.89. The minimum absolute atomic E-state index is 0.202. The zero-order valence-corrected chi connectivity index (χ0v) is 16.5. The number of aromatic nitrogens is 1. The van der Waals surface area contributed by atoms with Crippen molar-refractivity contribution in [3.63, 3.8) is 0 Å². The molecule has 0 saturated heterocycles. The van der Waals surface area contributed by atoms with Crippen LogP contribution in [0.25, 0.3) is 0 Å². The van der Waals surface area contributed by atoms with E-state index in [1.54, 1.807) is 48.8 Å². The monoisotopic (exact) mass is 402 g/mol. The minimum atomic E-state index is -0.845. The highest BCUT2D eigenvalue weighted by Crippen LogP contribution is 2.15. The van der Waals surface area contributed by atoms with Crippen LogP contribution >= 0.6 is 0 Å². The second kappa shape index (κ2) is 9.97. The Morgan fingerprint density at radius 2 is 1.40 bits per heavy atom. The summed E-state index contributed by atoms with van der Waals surface area (Å²) < 4.78 is 0. The molecule has 0 spiro atoms. The first-order chi connectivity index (χ1) is 14.5. The molecular weight excluding hydrogens is 380 g/mol. The fourth-order valence-corrected chi connectivity index (χ4v) is 2.72. The van der Waals surface area contributed by atoms with E-state index in [-0.39, 0.29) is 23.7 Å². The first-order valence-corrected chi connectivity index (χ1v) is 9.44. The summed E-state index contributed by atoms with van der Waals surface area (Å²) in [4.78, 5) is 40.9. The fourth-order valence-electron chi connectivity index (χ4n) is 2.72. The van der Waals surface area contributed by atoms with Gasteiger partial charge in [0.15, 0.2) is 0 Å². The maximum atomic E-state index is 12.6. The Morgan fingerprint density at radius 3 is 2.13 bits per heavy atom. The van der Waals surface area contributed by atoms with Crippen LogP contribution < -0.4 is 16.0 Å². The summed E-state index contributed by atoms with van der Waals surface area (Å²) in [6.45, 7) is 2.55. The van der Waals surface area contributed by atoms with Crippen molar-refractivity contribution in [3.8, 4) is 0 Å². The van der Waals surface area contributed by atoms with E-state index < -0.39 is 11.8 Å². The van der Waals surface area contributed by atoms with E-state index in [0.717, 1.165) is 16.7 Å². The van der Waals surface area contributed by atoms with Crippen LogP contribution in [0.3, 0.4) is 0 Å². The third-order valence-electron chi connectivity index (χ3n) is 4.40. The number of carbonyl (C=O) groups excluding carboxylic acids is 3. The fraction of sp³-hybridized carbons (Fsp3) is 0.130. The van der Waals surface area contributed by atoms with Crippen LogP contribution in [0.15, 0.2) is 73.1 Å². The van der Waals surface area contributed by atoms with Gasteiger partial charge in [-0.25, -0.2) is 0 Å². The zero-order chi connectivity index (χ0) is 21.3. The molecule has 0 aliphatic heterocycles. The highest BCUT2D eigenvalue weighted by molar-refractivity contribution is 6.40. The van der Waals surface area contributed by atoms with Crippen LogP contribution in [-0.4, -0.2) is 22.7 Å². The van der Waals surface area contributed by atoms with E-state index in [2.05, 4.69) is 20.9 Å². The van der Waals surface area contributed by atoms with Gasteiger partial charge in [-0.05, 0) is 42.3 Å². The molecule has 0 saturated carbocycles. The number of hydrogen-bond acceptors (Lipinski definition) is 4. The van der Waals surface area contributed by atoms with Crippen molar-refractivity contribution in [3.05, 3.63) is 95.3 Å². The maximum Gasteiger partial charge on any atom is 0.313 e. The van der Waals surface area contributed by atoms with Gasteiger partial charge in [0.2, 0.25) is 0 Å². The number of nitrogens with zero attached hydrogens (tertiary/aromatic N) is 1. The summed E-state index contributed by atoms with van der Waals surface area (Å²) in [6.07, 6.45) is 3.21. The first-order valence-electron chi connectivity index (χ1n) is 9.44. The van der Waals surface area contributed by atoms with Crippen molar-refractivity contribution in [2.45, 2.75) is 20.0 Å². The van der Waals surface area contributed by atoms with Gasteiger partial charge in [0.1, 0.15) is 0 Å². The molecule has 1 aromatic heterocycles. The predicted octanol–water partition coefficient (Wildman–Crippen LogP) is 2.57. The van der Waals surface area contributed by atoms with E-state index >= 15 is 0 Å². The predicted molar refractivity (Wildman–Crippen MR) is 114 cm³/mol. The number of rotatable bonds is 6. The van der Waals surface area contributed by atoms with Crippen LogP contribution in [0.4, 0.5) is 5.69 Å². The van der Waals surface area contributed by atoms with Gasteiger partial charge in [0.05, 0.1) is 11.3 Å². The van der Waals surface area contributed by atoms with Crippen molar-refractivity contribution >= 4 is 23.4 Å². The van der Waals surface area contributed by atoms with Gasteiger partial charge in [0.25, 0.3) is 5.91 Å². The topological polar surface area (TPSA) is 100 Å². The Morgan fingerprint density at radius 1 is 0.767 bits per heavy atom. The number of hydrogen-bond donors (Lipinski definition) is 3. The lowest BCUT2D eigenvalue weighted by Gasteiger charge is -2.12. The largest absolute Gasteiger partial charge is 0.348 e. The molecule has 30 heavy (non-hydrogen) atoms. The standard InChI is InChI=1S/C23H22N4O3/c1-16-6-8-17(9-7-16)14-25-21(28)19-4-2-3-5-20(19)27-23(30)22(29)26-15-18-10-12-24-13-11-18/h2-13H,14-15H2,1H3,(H,25,28)(H,26,29)(H,27,30). The summed E-state index contributed by atoms with van der Waals surface area (Å²) >= 11 is 0. The molecule has 3 aromatic rings. The average Bonchev–Trinajstić information content (AvgIpc) is 2.78. The Hall–Kier alpha value is -4.00. The molecule has 0 bridgehead atoms. The average molecular weight is 402 g/mol. The van der Waals surface area contributed by atoms with E-state index in [9.17, 15) is 14.4 Å². The van der Waals surface area contributed by atoms with Crippen LogP contribution in [0.2, 0.25) is 0 Å². The van der Waals surface area contributed by atoms with Crippen molar-refractivity contribution < 1.29 is 14.4 Å². The minimum Gasteiger partial charge on any atom is -0.348 e. The lowest BCUT2D eigenvalue weighted by Crippen LogP contribution is -2.35. The molecule has 7 nitrogen and oxygen atoms in total. The van der Waals surface area contributed by atoms with Gasteiger partial charge < -0.3 is 16.0 Å². The molecule has 3 rings (SSSR count). The van der Waals surface area contributed by atoms with E-state index in [4.69, 9.17) is 0 Å². The highest BCUT2D eigenvalue weighted by atomic mass is 16.2. The van der Waals surface area contributed by atoms with Gasteiger partial charge in [-0.15, -0.1) is 0 Å². The van der Waals surface area contributed by atoms with Crippen LogP contribution in [0.5, 0.6) is 0 Å². The number of anilines is 1. The summed E-state index contributed by atoms with van der Waals surface area (Å²) in [5, 5.41) is 7.88. The molecule has 3 N–H and O–H groups in total. The molecule has 2 aromatic carbocycles. The van der Waals surface area contributed by atoms with Crippen LogP contribution in [0.1, 0.15) is 27.0 Å². The number of amides is 3. The Balaban J connectivity index is 1.59. The van der Waals surface area contributed by atoms with Crippen molar-refractivity contribution in [2.24, 2.45) is 0 Å². The van der Waals surface area contributed by atoms with Gasteiger partial charge in [-0.3, -0.25) is 19.4 Å². The first kappa shape index (κ1) is 20.7. The molecule has 0 aliphatic rings. The Labute approximate surface area is 174 Å². The quantitative estimate of drug-likeness (QED) is 0.552. The van der Waals surface area contributed by atoms with Gasteiger partial charge in [-0.2, -0.15) is 0 Å². The number of carbonyl (C=O) groups is 3. The maximum absolute atomic E-state index is 12.6. The van der Waals surface area contributed by atoms with Crippen molar-refractivity contribution in [2.75, 3.05) is 5.32 Å². The molecule has 0 fully saturated rings. The number of pyridine rings is 1.